The van der Waals surface area contributed by atoms with E-state index in [0.717, 1.165) is 12.1 Å². The molecule has 0 saturated heterocycles. The molecule has 10 heteroatoms. The predicted molar refractivity (Wildman–Crippen MR) is 93.4 cm³/mol. The van der Waals surface area contributed by atoms with E-state index in [1.54, 1.807) is 0 Å². The van der Waals surface area contributed by atoms with Crippen molar-refractivity contribution in [3.05, 3.63) is 75.1 Å². The molecule has 2 aromatic carbocycles. The summed E-state index contributed by atoms with van der Waals surface area (Å²) in [6, 6.07) is 7.01. The molecule has 0 aliphatic heterocycles. The van der Waals surface area contributed by atoms with Crippen LogP contribution < -0.4 is 5.32 Å². The monoisotopic (exact) mass is 390 g/mol. The molecule has 9 nitrogen and oxygen atoms in total. The third kappa shape index (κ3) is 4.87. The molecule has 28 heavy (non-hydrogen) atoms. The van der Waals surface area contributed by atoms with Gasteiger partial charge in [0.25, 0.3) is 5.91 Å². The molecule has 0 aliphatic rings. The molecule has 0 spiro atoms. The number of halogens is 1. The van der Waals surface area contributed by atoms with E-state index >= 15 is 0 Å². The van der Waals surface area contributed by atoms with E-state index in [2.05, 4.69) is 10.1 Å². The second-order valence-electron chi connectivity index (χ2n) is 5.68. The van der Waals surface area contributed by atoms with Crippen molar-refractivity contribution in [3.63, 3.8) is 0 Å². The summed E-state index contributed by atoms with van der Waals surface area (Å²) in [4.78, 5) is 45.3. The summed E-state index contributed by atoms with van der Waals surface area (Å²) < 4.78 is 18.0. The van der Waals surface area contributed by atoms with Gasteiger partial charge in [0.1, 0.15) is 6.04 Å². The van der Waals surface area contributed by atoms with Gasteiger partial charge in [0.05, 0.1) is 17.6 Å². The number of nitro groups is 1. The largest absolute Gasteiger partial charge is 0.480 e. The lowest BCUT2D eigenvalue weighted by molar-refractivity contribution is -0.387. The fraction of sp³-hybridized carbons (Fsp3) is 0.167. The molecule has 0 fully saturated rings. The van der Waals surface area contributed by atoms with Crippen LogP contribution >= 0.6 is 0 Å². The highest BCUT2D eigenvalue weighted by atomic mass is 19.1. The molecule has 0 unspecified atom stereocenters. The number of nitro benzene ring substituents is 1. The van der Waals surface area contributed by atoms with Crippen molar-refractivity contribution in [1.29, 1.82) is 0 Å². The van der Waals surface area contributed by atoms with Gasteiger partial charge in [-0.2, -0.15) is 4.39 Å². The summed E-state index contributed by atoms with van der Waals surface area (Å²) in [7, 11) is 1.18. The number of carbonyl (C=O) groups is 3. The Balaban J connectivity index is 2.21. The number of nitrogens with zero attached hydrogens (tertiary/aromatic N) is 1. The van der Waals surface area contributed by atoms with Crippen LogP contribution in [-0.2, 0) is 16.0 Å². The number of esters is 1. The predicted octanol–water partition coefficient (Wildman–Crippen LogP) is 1.95. The Labute approximate surface area is 157 Å². The van der Waals surface area contributed by atoms with Crippen molar-refractivity contribution in [2.45, 2.75) is 12.5 Å². The number of carboxylic acids is 1. The number of nitrogens with one attached hydrogen (secondary N) is 1. The van der Waals surface area contributed by atoms with Crippen molar-refractivity contribution in [2.75, 3.05) is 7.11 Å². The van der Waals surface area contributed by atoms with E-state index in [-0.39, 0.29) is 23.1 Å². The van der Waals surface area contributed by atoms with Crippen LogP contribution in [-0.4, -0.2) is 41.0 Å². The summed E-state index contributed by atoms with van der Waals surface area (Å²) in [6.07, 6.45) is -0.307. The van der Waals surface area contributed by atoms with Gasteiger partial charge in [0.2, 0.25) is 5.82 Å². The van der Waals surface area contributed by atoms with Crippen molar-refractivity contribution in [1.82, 2.24) is 5.32 Å². The van der Waals surface area contributed by atoms with Crippen LogP contribution in [0.15, 0.2) is 42.5 Å². The number of rotatable bonds is 7. The SMILES string of the molecule is COC(=O)c1cccc(C(=O)N[C@H](Cc2ccc(F)c([N+](=O)[O-])c2)C(=O)O)c1. The molecule has 1 amide bonds. The van der Waals surface area contributed by atoms with Gasteiger partial charge in [-0.3, -0.25) is 14.9 Å². The number of aliphatic carboxylic acids is 1. The van der Waals surface area contributed by atoms with E-state index in [1.165, 1.54) is 37.4 Å². The maximum absolute atomic E-state index is 13.4. The fourth-order valence-corrected chi connectivity index (χ4v) is 2.41. The van der Waals surface area contributed by atoms with Crippen LogP contribution in [0, 0.1) is 15.9 Å². The van der Waals surface area contributed by atoms with E-state index in [9.17, 15) is 34.0 Å². The zero-order valence-corrected chi connectivity index (χ0v) is 14.5. The highest BCUT2D eigenvalue weighted by Gasteiger charge is 2.23. The van der Waals surface area contributed by atoms with Crippen molar-refractivity contribution >= 4 is 23.5 Å². The van der Waals surface area contributed by atoms with Gasteiger partial charge in [-0.05, 0) is 29.8 Å². The fourth-order valence-electron chi connectivity index (χ4n) is 2.41. The number of methoxy groups -OCH3 is 1. The molecule has 0 heterocycles. The van der Waals surface area contributed by atoms with Crippen molar-refractivity contribution in [3.8, 4) is 0 Å². The number of hydrogen-bond acceptors (Lipinski definition) is 6. The summed E-state index contributed by atoms with van der Waals surface area (Å²) in [6.45, 7) is 0. The minimum atomic E-state index is -1.43. The van der Waals surface area contributed by atoms with Crippen molar-refractivity contribution in [2.24, 2.45) is 0 Å². The minimum Gasteiger partial charge on any atom is -0.480 e. The third-order valence-electron chi connectivity index (χ3n) is 3.80. The average Bonchev–Trinajstić information content (AvgIpc) is 2.67. The van der Waals surface area contributed by atoms with Gasteiger partial charge in [0.15, 0.2) is 0 Å². The first kappa shape index (κ1) is 20.5. The molecule has 1 atom stereocenters. The lowest BCUT2D eigenvalue weighted by atomic mass is 10.0. The minimum absolute atomic E-state index is 0.0271. The number of hydrogen-bond donors (Lipinski definition) is 2. The first-order valence-electron chi connectivity index (χ1n) is 7.87. The molecule has 0 radical (unpaired) electrons. The van der Waals surface area contributed by atoms with Gasteiger partial charge in [-0.15, -0.1) is 0 Å². The molecule has 2 aromatic rings. The van der Waals surface area contributed by atoms with Crippen LogP contribution in [0.4, 0.5) is 10.1 Å². The highest BCUT2D eigenvalue weighted by molar-refractivity contribution is 5.99. The van der Waals surface area contributed by atoms with Gasteiger partial charge < -0.3 is 15.2 Å². The quantitative estimate of drug-likeness (QED) is 0.419. The Morgan fingerprint density at radius 1 is 1.21 bits per heavy atom. The van der Waals surface area contributed by atoms with Gasteiger partial charge in [-0.1, -0.05) is 12.1 Å². The van der Waals surface area contributed by atoms with E-state index in [1.807, 2.05) is 0 Å². The Hall–Kier alpha value is -3.82. The number of benzene rings is 2. The first-order chi connectivity index (χ1) is 13.2. The van der Waals surface area contributed by atoms with E-state index in [4.69, 9.17) is 0 Å². The normalized spacial score (nSPS) is 11.4. The molecule has 146 valence electrons. The molecule has 0 aliphatic carbocycles. The third-order valence-corrected chi connectivity index (χ3v) is 3.80. The van der Waals surface area contributed by atoms with Crippen LogP contribution in [0.5, 0.6) is 0 Å². The Bertz CT molecular complexity index is 945. The van der Waals surface area contributed by atoms with E-state index < -0.39 is 40.3 Å². The van der Waals surface area contributed by atoms with Gasteiger partial charge >= 0.3 is 17.6 Å². The van der Waals surface area contributed by atoms with Crippen molar-refractivity contribution < 1.29 is 33.5 Å². The molecule has 0 bridgehead atoms. The van der Waals surface area contributed by atoms with Crippen LogP contribution in [0.1, 0.15) is 26.3 Å². The van der Waals surface area contributed by atoms with Crippen LogP contribution in [0.2, 0.25) is 0 Å². The van der Waals surface area contributed by atoms with E-state index in [0.29, 0.717) is 0 Å². The Morgan fingerprint density at radius 3 is 2.50 bits per heavy atom. The smallest absolute Gasteiger partial charge is 0.337 e. The number of carbonyl (C=O) groups excluding carboxylic acids is 2. The molecule has 2 N–H and O–H groups in total. The van der Waals surface area contributed by atoms with Crippen LogP contribution in [0.25, 0.3) is 0 Å². The number of carboxylic acid groups (broad SMARTS) is 1. The Morgan fingerprint density at radius 2 is 1.89 bits per heavy atom. The summed E-state index contributed by atoms with van der Waals surface area (Å²) >= 11 is 0. The zero-order chi connectivity index (χ0) is 20.8. The second kappa shape index (κ2) is 8.71. The zero-order valence-electron chi connectivity index (χ0n) is 14.5. The summed E-state index contributed by atoms with van der Waals surface area (Å²) in [5.74, 6) is -3.87. The lowest BCUT2D eigenvalue weighted by Gasteiger charge is -2.15. The van der Waals surface area contributed by atoms with Gasteiger partial charge in [-0.25, -0.2) is 9.59 Å². The number of amides is 1. The average molecular weight is 390 g/mol. The van der Waals surface area contributed by atoms with Gasteiger partial charge in [0, 0.05) is 18.1 Å². The van der Waals surface area contributed by atoms with Crippen LogP contribution in [0.3, 0.4) is 0 Å². The highest BCUT2D eigenvalue weighted by Crippen LogP contribution is 2.19. The molecular formula is C18H15FN2O7. The maximum Gasteiger partial charge on any atom is 0.337 e. The summed E-state index contributed by atoms with van der Waals surface area (Å²) in [5.41, 5.74) is -0.502. The standard InChI is InChI=1S/C18H15FN2O7/c1-28-18(25)12-4-2-3-11(9-12)16(22)20-14(17(23)24)7-10-5-6-13(19)15(8-10)21(26)27/h2-6,8-9,14H,7H2,1H3,(H,20,22)(H,23,24)/t14-/m1/s1. The molecular weight excluding hydrogens is 375 g/mol. The maximum atomic E-state index is 13.4. The lowest BCUT2D eigenvalue weighted by Crippen LogP contribution is -2.42. The molecule has 2 rings (SSSR count). The molecule has 0 saturated carbocycles. The Kier molecular flexibility index (Phi) is 6.38. The summed E-state index contributed by atoms with van der Waals surface area (Å²) in [5, 5.41) is 22.4. The molecule has 0 aromatic heterocycles. The number of ether oxygens (including phenoxy) is 1. The first-order valence-corrected chi connectivity index (χ1v) is 7.87. The topological polar surface area (TPSA) is 136 Å². The second-order valence-corrected chi connectivity index (χ2v) is 5.68.